The van der Waals surface area contributed by atoms with Crippen LogP contribution < -0.4 is 15.5 Å². The standard InChI is InChI=1S/C39H33N3O3S/c1-27-11-9-12-28(23-27)24-34(41-38(44)31-15-3-2-4-16-31)39(45)40-32-17-10-18-33(25-32)46-26-37(43)42-35-19-7-5-13-29(35)21-22-30-14-6-8-20-36(30)42/h2-20,23-25H,21-22,26H2,1H3,(H,40,45)(H,41,44)/b34-24-. The predicted octanol–water partition coefficient (Wildman–Crippen LogP) is 7.96. The summed E-state index contributed by atoms with van der Waals surface area (Å²) in [6.07, 6.45) is 3.41. The number of hydrogen-bond donors (Lipinski definition) is 2. The highest BCUT2D eigenvalue weighted by molar-refractivity contribution is 8.00. The molecule has 3 amide bonds. The van der Waals surface area contributed by atoms with Crippen LogP contribution in [0.3, 0.4) is 0 Å². The summed E-state index contributed by atoms with van der Waals surface area (Å²) in [5.74, 6) is -0.643. The maximum atomic E-state index is 13.8. The molecule has 6 rings (SSSR count). The van der Waals surface area contributed by atoms with Crippen molar-refractivity contribution in [2.45, 2.75) is 24.7 Å². The highest BCUT2D eigenvalue weighted by Gasteiger charge is 2.25. The SMILES string of the molecule is Cc1cccc(/C=C(\NC(=O)c2ccccc2)C(=O)Nc2cccc(SCC(=O)N3c4ccccc4CCc4ccccc43)c2)c1. The fourth-order valence-electron chi connectivity index (χ4n) is 5.49. The molecule has 6 nitrogen and oxygen atoms in total. The summed E-state index contributed by atoms with van der Waals surface area (Å²) in [5, 5.41) is 5.72. The highest BCUT2D eigenvalue weighted by Crippen LogP contribution is 2.37. The number of nitrogens with one attached hydrogen (secondary N) is 2. The Morgan fingerprint density at radius 1 is 0.739 bits per heavy atom. The number of carbonyl (C=O) groups excluding carboxylic acids is 3. The van der Waals surface area contributed by atoms with Gasteiger partial charge in [0.25, 0.3) is 11.8 Å². The maximum Gasteiger partial charge on any atom is 0.272 e. The van der Waals surface area contributed by atoms with Crippen LogP contribution in [-0.4, -0.2) is 23.5 Å². The molecule has 0 unspecified atom stereocenters. The molecule has 0 bridgehead atoms. The molecular weight excluding hydrogens is 591 g/mol. The fourth-order valence-corrected chi connectivity index (χ4v) is 6.29. The Bertz CT molecular complexity index is 1890. The molecule has 1 aliphatic heterocycles. The molecule has 0 atom stereocenters. The average molecular weight is 624 g/mol. The second-order valence-electron chi connectivity index (χ2n) is 11.0. The van der Waals surface area contributed by atoms with Gasteiger partial charge in [0.1, 0.15) is 5.70 Å². The second kappa shape index (κ2) is 14.1. The Balaban J connectivity index is 1.19. The van der Waals surface area contributed by atoms with Crippen LogP contribution in [0.15, 0.2) is 138 Å². The van der Waals surface area contributed by atoms with E-state index < -0.39 is 5.91 Å². The Morgan fingerprint density at radius 2 is 1.39 bits per heavy atom. The lowest BCUT2D eigenvalue weighted by atomic mass is 10.0. The van der Waals surface area contributed by atoms with E-state index in [4.69, 9.17) is 0 Å². The van der Waals surface area contributed by atoms with Gasteiger partial charge in [0.05, 0.1) is 17.1 Å². The van der Waals surface area contributed by atoms with Gasteiger partial charge in [0, 0.05) is 16.1 Å². The lowest BCUT2D eigenvalue weighted by molar-refractivity contribution is -0.115. The summed E-state index contributed by atoms with van der Waals surface area (Å²) in [7, 11) is 0. The number of thioether (sulfide) groups is 1. The van der Waals surface area contributed by atoms with Crippen molar-refractivity contribution in [1.82, 2.24) is 5.32 Å². The number of hydrogen-bond acceptors (Lipinski definition) is 4. The Labute approximate surface area is 273 Å². The zero-order valence-electron chi connectivity index (χ0n) is 25.4. The van der Waals surface area contributed by atoms with Crippen molar-refractivity contribution in [2.24, 2.45) is 0 Å². The molecule has 2 N–H and O–H groups in total. The van der Waals surface area contributed by atoms with Crippen molar-refractivity contribution in [3.8, 4) is 0 Å². The van der Waals surface area contributed by atoms with Gasteiger partial charge >= 0.3 is 0 Å². The topological polar surface area (TPSA) is 78.5 Å². The third kappa shape index (κ3) is 7.28. The van der Waals surface area contributed by atoms with E-state index in [0.29, 0.717) is 11.3 Å². The summed E-state index contributed by atoms with van der Waals surface area (Å²) < 4.78 is 0. The van der Waals surface area contributed by atoms with Crippen LogP contribution in [0.4, 0.5) is 17.1 Å². The van der Waals surface area contributed by atoms with Crippen LogP contribution >= 0.6 is 11.8 Å². The van der Waals surface area contributed by atoms with E-state index in [1.54, 1.807) is 36.4 Å². The normalized spacial score (nSPS) is 12.4. The zero-order chi connectivity index (χ0) is 31.9. The fraction of sp³-hybridized carbons (Fsp3) is 0.103. The van der Waals surface area contributed by atoms with Crippen LogP contribution in [0.5, 0.6) is 0 Å². The summed E-state index contributed by atoms with van der Waals surface area (Å²) in [6, 6.07) is 40.0. The van der Waals surface area contributed by atoms with Gasteiger partial charge in [0.15, 0.2) is 0 Å². The first-order valence-electron chi connectivity index (χ1n) is 15.1. The van der Waals surface area contributed by atoms with Gasteiger partial charge in [-0.2, -0.15) is 0 Å². The lowest BCUT2D eigenvalue weighted by Gasteiger charge is -2.25. The molecule has 0 aliphatic carbocycles. The minimum absolute atomic E-state index is 0.0202. The summed E-state index contributed by atoms with van der Waals surface area (Å²) >= 11 is 1.41. The lowest BCUT2D eigenvalue weighted by Crippen LogP contribution is -2.30. The van der Waals surface area contributed by atoms with Crippen molar-refractivity contribution < 1.29 is 14.4 Å². The molecule has 1 aliphatic rings. The van der Waals surface area contributed by atoms with Gasteiger partial charge < -0.3 is 10.6 Å². The van der Waals surface area contributed by atoms with E-state index in [1.165, 1.54) is 11.8 Å². The molecule has 0 aromatic heterocycles. The first-order chi connectivity index (χ1) is 22.4. The molecule has 7 heteroatoms. The van der Waals surface area contributed by atoms with Crippen LogP contribution in [-0.2, 0) is 22.4 Å². The minimum atomic E-state index is -0.457. The number of amides is 3. The zero-order valence-corrected chi connectivity index (χ0v) is 26.2. The summed E-state index contributed by atoms with van der Waals surface area (Å²) in [4.78, 5) is 43.0. The van der Waals surface area contributed by atoms with E-state index >= 15 is 0 Å². The minimum Gasteiger partial charge on any atom is -0.321 e. The van der Waals surface area contributed by atoms with Crippen molar-refractivity contribution in [2.75, 3.05) is 16.0 Å². The van der Waals surface area contributed by atoms with E-state index in [2.05, 4.69) is 22.8 Å². The first kappa shape index (κ1) is 30.6. The van der Waals surface area contributed by atoms with Crippen molar-refractivity contribution in [3.05, 3.63) is 161 Å². The number of benzene rings is 5. The van der Waals surface area contributed by atoms with Crippen LogP contribution in [0.25, 0.3) is 6.08 Å². The van der Waals surface area contributed by atoms with Gasteiger partial charge in [-0.05, 0) is 85.0 Å². The molecule has 5 aromatic rings. The van der Waals surface area contributed by atoms with Crippen molar-refractivity contribution in [3.63, 3.8) is 0 Å². The monoisotopic (exact) mass is 623 g/mol. The molecule has 1 heterocycles. The van der Waals surface area contributed by atoms with Gasteiger partial charge in [-0.1, -0.05) is 90.5 Å². The van der Waals surface area contributed by atoms with Crippen molar-refractivity contribution >= 4 is 52.6 Å². The van der Waals surface area contributed by atoms with E-state index in [1.807, 2.05) is 96.8 Å². The molecule has 46 heavy (non-hydrogen) atoms. The average Bonchev–Trinajstić information content (AvgIpc) is 3.24. The Hall–Kier alpha value is -5.40. The van der Waals surface area contributed by atoms with Gasteiger partial charge in [0.2, 0.25) is 5.91 Å². The largest absolute Gasteiger partial charge is 0.321 e. The number of fused-ring (bicyclic) bond motifs is 2. The van der Waals surface area contributed by atoms with Crippen molar-refractivity contribution in [1.29, 1.82) is 0 Å². The highest BCUT2D eigenvalue weighted by atomic mass is 32.2. The third-order valence-electron chi connectivity index (χ3n) is 7.71. The molecule has 5 aromatic carbocycles. The quantitative estimate of drug-likeness (QED) is 0.136. The van der Waals surface area contributed by atoms with Crippen LogP contribution in [0.2, 0.25) is 0 Å². The number of nitrogens with zero attached hydrogens (tertiary/aromatic N) is 1. The molecule has 0 saturated heterocycles. The van der Waals surface area contributed by atoms with Gasteiger partial charge in [-0.3, -0.25) is 19.3 Å². The molecule has 0 saturated carbocycles. The molecule has 0 spiro atoms. The first-order valence-corrected chi connectivity index (χ1v) is 16.1. The smallest absolute Gasteiger partial charge is 0.272 e. The summed E-state index contributed by atoms with van der Waals surface area (Å²) in [6.45, 7) is 1.97. The number of aryl methyl sites for hydroxylation is 3. The van der Waals surface area contributed by atoms with E-state index in [9.17, 15) is 14.4 Å². The van der Waals surface area contributed by atoms with Gasteiger partial charge in [-0.25, -0.2) is 0 Å². The molecule has 0 radical (unpaired) electrons. The number of para-hydroxylation sites is 2. The number of anilines is 3. The second-order valence-corrected chi connectivity index (χ2v) is 12.1. The maximum absolute atomic E-state index is 13.8. The molecule has 228 valence electrons. The number of rotatable bonds is 8. The third-order valence-corrected chi connectivity index (χ3v) is 8.69. The Morgan fingerprint density at radius 3 is 2.09 bits per heavy atom. The van der Waals surface area contributed by atoms with E-state index in [0.717, 1.165) is 51.4 Å². The molecular formula is C39H33N3O3S. The van der Waals surface area contributed by atoms with Crippen LogP contribution in [0.1, 0.15) is 32.6 Å². The summed E-state index contributed by atoms with van der Waals surface area (Å²) in [5.41, 5.74) is 7.08. The predicted molar refractivity (Wildman–Crippen MR) is 186 cm³/mol. The number of carbonyl (C=O) groups is 3. The molecule has 0 fully saturated rings. The Kier molecular flexibility index (Phi) is 9.41. The van der Waals surface area contributed by atoms with Crippen LogP contribution in [0, 0.1) is 6.92 Å². The van der Waals surface area contributed by atoms with E-state index in [-0.39, 0.29) is 23.3 Å². The van der Waals surface area contributed by atoms with Gasteiger partial charge in [-0.15, -0.1) is 11.8 Å².